The molecule has 1 aliphatic rings. The SMILES string of the molecule is [C-](=C1CCCC1)c1ccccc1.[Li+]. The zero-order valence-electron chi connectivity index (χ0n) is 8.22. The van der Waals surface area contributed by atoms with E-state index in [2.05, 4.69) is 30.3 Å². The topological polar surface area (TPSA) is 0 Å². The second-order valence-electron chi connectivity index (χ2n) is 3.30. The molecular formula is C12H13Li. The first-order valence-electron chi connectivity index (χ1n) is 4.62. The Morgan fingerprint density at radius 3 is 2.15 bits per heavy atom. The van der Waals surface area contributed by atoms with Crippen molar-refractivity contribution in [3.63, 3.8) is 0 Å². The van der Waals surface area contributed by atoms with Crippen molar-refractivity contribution in [2.75, 3.05) is 0 Å². The molecule has 1 aliphatic carbocycles. The van der Waals surface area contributed by atoms with Gasteiger partial charge in [0.1, 0.15) is 0 Å². The molecule has 0 aliphatic heterocycles. The molecule has 0 N–H and O–H groups in total. The predicted molar refractivity (Wildman–Crippen MR) is 50.8 cm³/mol. The smallest absolute Gasteiger partial charge is 0.193 e. The summed E-state index contributed by atoms with van der Waals surface area (Å²) in [5.41, 5.74) is 2.73. The van der Waals surface area contributed by atoms with E-state index in [1.54, 1.807) is 0 Å². The molecule has 13 heavy (non-hydrogen) atoms. The minimum Gasteiger partial charge on any atom is -0.193 e. The summed E-state index contributed by atoms with van der Waals surface area (Å²) in [5.74, 6) is 0. The second kappa shape index (κ2) is 5.32. The van der Waals surface area contributed by atoms with Crippen LogP contribution in [0.3, 0.4) is 0 Å². The third-order valence-electron chi connectivity index (χ3n) is 2.30. The zero-order valence-corrected chi connectivity index (χ0v) is 8.22. The maximum Gasteiger partial charge on any atom is 1.00 e. The van der Waals surface area contributed by atoms with Crippen molar-refractivity contribution in [3.8, 4) is 0 Å². The fourth-order valence-electron chi connectivity index (χ4n) is 1.65. The summed E-state index contributed by atoms with van der Waals surface area (Å²) in [6.07, 6.45) is 8.69. The van der Waals surface area contributed by atoms with E-state index in [1.165, 1.54) is 36.8 Å². The van der Waals surface area contributed by atoms with Crippen LogP contribution in [0.5, 0.6) is 0 Å². The van der Waals surface area contributed by atoms with Gasteiger partial charge in [0.05, 0.1) is 0 Å². The quantitative estimate of drug-likeness (QED) is 0.415. The largest absolute Gasteiger partial charge is 1.00 e. The van der Waals surface area contributed by atoms with Gasteiger partial charge < -0.3 is 0 Å². The molecule has 62 valence electrons. The van der Waals surface area contributed by atoms with E-state index in [0.717, 1.165) is 0 Å². The summed E-state index contributed by atoms with van der Waals surface area (Å²) in [5, 5.41) is 0. The van der Waals surface area contributed by atoms with E-state index in [9.17, 15) is 0 Å². The molecule has 1 heteroatoms. The summed E-state index contributed by atoms with van der Waals surface area (Å²) in [4.78, 5) is 0. The summed E-state index contributed by atoms with van der Waals surface area (Å²) in [6.45, 7) is 0. The standard InChI is InChI=1S/C12H13.Li/c1-2-6-11(7-3-1)10-12-8-4-5-9-12;/h1-3,6-7H,4-5,8-9H2;/q-1;+1. The van der Waals surface area contributed by atoms with Gasteiger partial charge in [-0.3, -0.25) is 0 Å². The van der Waals surface area contributed by atoms with Crippen LogP contribution in [0.25, 0.3) is 0 Å². The molecule has 1 aromatic carbocycles. The molecule has 0 atom stereocenters. The fraction of sp³-hybridized carbons (Fsp3) is 0.333. The number of rotatable bonds is 1. The first kappa shape index (κ1) is 10.6. The van der Waals surface area contributed by atoms with Gasteiger partial charge >= 0.3 is 18.9 Å². The number of hydrogen-bond acceptors (Lipinski definition) is 0. The molecule has 0 unspecified atom stereocenters. The van der Waals surface area contributed by atoms with Crippen molar-refractivity contribution in [1.82, 2.24) is 0 Å². The molecule has 0 nitrogen and oxygen atoms in total. The molecule has 1 saturated carbocycles. The van der Waals surface area contributed by atoms with Gasteiger partial charge in [-0.15, -0.1) is 17.7 Å². The maximum atomic E-state index is 3.46. The Morgan fingerprint density at radius 2 is 1.54 bits per heavy atom. The number of hydrogen-bond donors (Lipinski definition) is 0. The molecule has 1 aromatic rings. The summed E-state index contributed by atoms with van der Waals surface area (Å²) >= 11 is 0. The molecule has 0 heterocycles. The predicted octanol–water partition coefficient (Wildman–Crippen LogP) is 0.342. The molecule has 0 spiro atoms. The maximum absolute atomic E-state index is 3.46. The van der Waals surface area contributed by atoms with Crippen LogP contribution in [0.1, 0.15) is 31.2 Å². The van der Waals surface area contributed by atoms with E-state index in [4.69, 9.17) is 0 Å². The van der Waals surface area contributed by atoms with E-state index >= 15 is 0 Å². The normalized spacial score (nSPS) is 15.2. The third-order valence-corrected chi connectivity index (χ3v) is 2.30. The van der Waals surface area contributed by atoms with Crippen molar-refractivity contribution < 1.29 is 18.9 Å². The Bertz CT molecular complexity index is 266. The van der Waals surface area contributed by atoms with Crippen LogP contribution in [0.15, 0.2) is 35.9 Å². The second-order valence-corrected chi connectivity index (χ2v) is 3.30. The van der Waals surface area contributed by atoms with Crippen molar-refractivity contribution in [3.05, 3.63) is 47.5 Å². The van der Waals surface area contributed by atoms with Crippen molar-refractivity contribution in [2.24, 2.45) is 0 Å². The van der Waals surface area contributed by atoms with Gasteiger partial charge in [-0.2, -0.15) is 23.8 Å². The van der Waals surface area contributed by atoms with Crippen LogP contribution in [0.4, 0.5) is 0 Å². The summed E-state index contributed by atoms with van der Waals surface area (Å²) in [7, 11) is 0. The van der Waals surface area contributed by atoms with Gasteiger partial charge in [-0.05, 0) is 12.8 Å². The molecule has 0 saturated heterocycles. The van der Waals surface area contributed by atoms with Gasteiger partial charge in [-0.1, -0.05) is 18.9 Å². The van der Waals surface area contributed by atoms with E-state index in [-0.39, 0.29) is 18.9 Å². The Hall–Kier alpha value is -0.443. The van der Waals surface area contributed by atoms with Crippen LogP contribution < -0.4 is 18.9 Å². The van der Waals surface area contributed by atoms with Crippen molar-refractivity contribution in [1.29, 1.82) is 0 Å². The minimum atomic E-state index is 0. The third kappa shape index (κ3) is 3.07. The fourth-order valence-corrected chi connectivity index (χ4v) is 1.65. The molecule has 1 fully saturated rings. The van der Waals surface area contributed by atoms with Gasteiger partial charge in [-0.25, -0.2) is 0 Å². The van der Waals surface area contributed by atoms with Crippen LogP contribution in [-0.2, 0) is 0 Å². The van der Waals surface area contributed by atoms with Crippen molar-refractivity contribution >= 4 is 0 Å². The average molecular weight is 164 g/mol. The monoisotopic (exact) mass is 164 g/mol. The molecule has 2 rings (SSSR count). The van der Waals surface area contributed by atoms with E-state index in [0.29, 0.717) is 0 Å². The molecule has 0 amide bonds. The first-order valence-corrected chi connectivity index (χ1v) is 4.62. The van der Waals surface area contributed by atoms with Gasteiger partial charge in [0.25, 0.3) is 0 Å². The molecular weight excluding hydrogens is 151 g/mol. The average Bonchev–Trinajstić information content (AvgIpc) is 2.59. The number of allylic oxidation sites excluding steroid dienone is 1. The van der Waals surface area contributed by atoms with Crippen LogP contribution in [0, 0.1) is 6.08 Å². The Balaban J connectivity index is 0.000000845. The molecule has 0 aromatic heterocycles. The van der Waals surface area contributed by atoms with Gasteiger partial charge in [0, 0.05) is 0 Å². The van der Waals surface area contributed by atoms with Gasteiger partial charge in [0.2, 0.25) is 0 Å². The molecule has 0 radical (unpaired) electrons. The Morgan fingerprint density at radius 1 is 0.923 bits per heavy atom. The summed E-state index contributed by atoms with van der Waals surface area (Å²) in [6, 6.07) is 10.4. The minimum absolute atomic E-state index is 0. The number of benzene rings is 1. The van der Waals surface area contributed by atoms with E-state index < -0.39 is 0 Å². The van der Waals surface area contributed by atoms with Crippen LogP contribution in [0.2, 0.25) is 0 Å². The Labute approximate surface area is 92.2 Å². The zero-order chi connectivity index (χ0) is 8.23. The van der Waals surface area contributed by atoms with Crippen LogP contribution >= 0.6 is 0 Å². The van der Waals surface area contributed by atoms with Crippen molar-refractivity contribution in [2.45, 2.75) is 25.7 Å². The first-order chi connectivity index (χ1) is 5.95. The van der Waals surface area contributed by atoms with Crippen LogP contribution in [-0.4, -0.2) is 0 Å². The molecule has 0 bridgehead atoms. The Kier molecular flexibility index (Phi) is 4.35. The van der Waals surface area contributed by atoms with Gasteiger partial charge in [0.15, 0.2) is 0 Å². The van der Waals surface area contributed by atoms with E-state index in [1.807, 2.05) is 6.07 Å². The summed E-state index contributed by atoms with van der Waals surface area (Å²) < 4.78 is 0.